The van der Waals surface area contributed by atoms with Crippen LogP contribution in [-0.2, 0) is 11.3 Å². The number of hydrogen-bond acceptors (Lipinski definition) is 5. The molecule has 0 radical (unpaired) electrons. The minimum atomic E-state index is -0.535. The van der Waals surface area contributed by atoms with E-state index in [0.717, 1.165) is 53.9 Å². The van der Waals surface area contributed by atoms with Crippen LogP contribution < -0.4 is 11.1 Å². The summed E-state index contributed by atoms with van der Waals surface area (Å²) in [5.41, 5.74) is 11.7. The Bertz CT molecular complexity index is 1340. The number of primary amides is 1. The van der Waals surface area contributed by atoms with Crippen molar-refractivity contribution in [3.8, 4) is 11.1 Å². The zero-order chi connectivity index (χ0) is 29.1. The summed E-state index contributed by atoms with van der Waals surface area (Å²) in [6.45, 7) is 8.38. The highest BCUT2D eigenvalue weighted by atomic mass is 16.2. The van der Waals surface area contributed by atoms with Crippen molar-refractivity contribution < 1.29 is 9.59 Å². The number of aromatic amines is 1. The van der Waals surface area contributed by atoms with Gasteiger partial charge in [0.1, 0.15) is 11.5 Å². The summed E-state index contributed by atoms with van der Waals surface area (Å²) in [5, 5.41) is 15.1. The maximum Gasteiger partial charge on any atom is 0.267 e. The van der Waals surface area contributed by atoms with Crippen molar-refractivity contribution in [1.82, 2.24) is 25.0 Å². The molecule has 9 heteroatoms. The molecule has 1 atom stereocenters. The largest absolute Gasteiger partial charge is 0.364 e. The molecule has 5 rings (SSSR count). The Morgan fingerprint density at radius 3 is 2.15 bits per heavy atom. The first kappa shape index (κ1) is 29.0. The first-order valence-electron chi connectivity index (χ1n) is 15.5. The fourth-order valence-corrected chi connectivity index (χ4v) is 7.67. The second-order valence-corrected chi connectivity index (χ2v) is 12.1. The Kier molecular flexibility index (Phi) is 8.90. The normalized spacial score (nSPS) is 17.6. The second kappa shape index (κ2) is 12.6. The molecule has 2 fully saturated rings. The molecule has 3 aromatic heterocycles. The van der Waals surface area contributed by atoms with Crippen LogP contribution >= 0.6 is 0 Å². The van der Waals surface area contributed by atoms with Crippen molar-refractivity contribution in [3.63, 3.8) is 0 Å². The van der Waals surface area contributed by atoms with E-state index in [1.807, 2.05) is 39.8 Å². The SMILES string of the molecule is CCn1ncc(C(C(=O)Nc2ccc(-c3c(C)n[nH]c3C)c(C)n2)C(C2CCCCC2)C2CCCCC2)c1C(N)=O. The number of carbonyl (C=O) groups excluding carboxylic acids is 2. The molecule has 9 nitrogen and oxygen atoms in total. The number of hydrogen-bond donors (Lipinski definition) is 3. The van der Waals surface area contributed by atoms with Crippen molar-refractivity contribution in [1.29, 1.82) is 0 Å². The van der Waals surface area contributed by atoms with Gasteiger partial charge in [-0.2, -0.15) is 10.2 Å². The van der Waals surface area contributed by atoms with E-state index in [9.17, 15) is 9.59 Å². The fourth-order valence-electron chi connectivity index (χ4n) is 7.67. The lowest BCUT2D eigenvalue weighted by Crippen LogP contribution is -2.39. The van der Waals surface area contributed by atoms with Crippen LogP contribution in [0.4, 0.5) is 5.82 Å². The summed E-state index contributed by atoms with van der Waals surface area (Å²) in [4.78, 5) is 32.1. The lowest BCUT2D eigenvalue weighted by atomic mass is 9.63. The summed E-state index contributed by atoms with van der Waals surface area (Å²) in [6.07, 6.45) is 13.4. The molecule has 0 spiro atoms. The molecule has 4 N–H and O–H groups in total. The number of carbonyl (C=O) groups is 2. The van der Waals surface area contributed by atoms with Crippen molar-refractivity contribution in [2.75, 3.05) is 5.32 Å². The van der Waals surface area contributed by atoms with Crippen LogP contribution in [0.3, 0.4) is 0 Å². The summed E-state index contributed by atoms with van der Waals surface area (Å²) in [5.74, 6) is 0.306. The first-order chi connectivity index (χ1) is 19.8. The van der Waals surface area contributed by atoms with Crippen LogP contribution in [0.5, 0.6) is 0 Å². The molecule has 0 aromatic carbocycles. The lowest BCUT2D eigenvalue weighted by molar-refractivity contribution is -0.120. The predicted octanol–water partition coefficient (Wildman–Crippen LogP) is 6.21. The average Bonchev–Trinajstić information content (AvgIpc) is 3.55. The molecule has 2 amide bonds. The highest BCUT2D eigenvalue weighted by molar-refractivity contribution is 5.99. The van der Waals surface area contributed by atoms with E-state index in [4.69, 9.17) is 10.7 Å². The molecule has 3 heterocycles. The molecule has 1 unspecified atom stereocenters. The van der Waals surface area contributed by atoms with Crippen LogP contribution in [0.15, 0.2) is 18.3 Å². The molecule has 0 bridgehead atoms. The summed E-state index contributed by atoms with van der Waals surface area (Å²) in [7, 11) is 0. The maximum atomic E-state index is 14.5. The highest BCUT2D eigenvalue weighted by Gasteiger charge is 2.43. The van der Waals surface area contributed by atoms with E-state index in [0.29, 0.717) is 35.5 Å². The molecule has 2 aliphatic rings. The van der Waals surface area contributed by atoms with E-state index < -0.39 is 11.8 Å². The molecule has 3 aromatic rings. The van der Waals surface area contributed by atoms with Gasteiger partial charge in [0.15, 0.2) is 0 Å². The molecule has 220 valence electrons. The van der Waals surface area contributed by atoms with Gasteiger partial charge in [-0.25, -0.2) is 4.98 Å². The monoisotopic (exact) mass is 559 g/mol. The number of rotatable bonds is 9. The molecular weight excluding hydrogens is 514 g/mol. The van der Waals surface area contributed by atoms with Crippen LogP contribution in [0.2, 0.25) is 0 Å². The van der Waals surface area contributed by atoms with Crippen molar-refractivity contribution in [2.45, 2.75) is 104 Å². The fraction of sp³-hybridized carbons (Fsp3) is 0.594. The highest BCUT2D eigenvalue weighted by Crippen LogP contribution is 2.48. The van der Waals surface area contributed by atoms with Gasteiger partial charge >= 0.3 is 0 Å². The summed E-state index contributed by atoms with van der Waals surface area (Å²) in [6, 6.07) is 3.87. The van der Waals surface area contributed by atoms with Gasteiger partial charge in [-0.15, -0.1) is 0 Å². The number of amides is 2. The summed E-state index contributed by atoms with van der Waals surface area (Å²) >= 11 is 0. The van der Waals surface area contributed by atoms with Crippen LogP contribution in [0.1, 0.15) is 110 Å². The number of pyridine rings is 1. The third kappa shape index (κ3) is 5.95. The van der Waals surface area contributed by atoms with Gasteiger partial charge in [-0.3, -0.25) is 19.4 Å². The van der Waals surface area contributed by atoms with Gasteiger partial charge in [0, 0.05) is 34.6 Å². The Morgan fingerprint density at radius 1 is 1.00 bits per heavy atom. The van der Waals surface area contributed by atoms with Gasteiger partial charge in [-0.05, 0) is 57.6 Å². The Balaban J connectivity index is 1.55. The van der Waals surface area contributed by atoms with E-state index in [-0.39, 0.29) is 11.8 Å². The van der Waals surface area contributed by atoms with E-state index in [1.54, 1.807) is 10.9 Å². The predicted molar refractivity (Wildman–Crippen MR) is 160 cm³/mol. The molecule has 41 heavy (non-hydrogen) atoms. The van der Waals surface area contributed by atoms with Crippen molar-refractivity contribution >= 4 is 17.6 Å². The minimum Gasteiger partial charge on any atom is -0.364 e. The number of nitrogens with one attached hydrogen (secondary N) is 2. The van der Waals surface area contributed by atoms with E-state index in [1.165, 1.54) is 38.5 Å². The van der Waals surface area contributed by atoms with Gasteiger partial charge in [-0.1, -0.05) is 64.2 Å². The van der Waals surface area contributed by atoms with Crippen molar-refractivity contribution in [2.24, 2.45) is 23.5 Å². The Morgan fingerprint density at radius 2 is 1.63 bits per heavy atom. The molecule has 0 saturated heterocycles. The smallest absolute Gasteiger partial charge is 0.267 e. The van der Waals surface area contributed by atoms with Crippen LogP contribution in [0, 0.1) is 38.5 Å². The number of aryl methyl sites for hydroxylation is 4. The molecule has 2 aliphatic carbocycles. The van der Waals surface area contributed by atoms with Gasteiger partial charge in [0.25, 0.3) is 5.91 Å². The van der Waals surface area contributed by atoms with E-state index in [2.05, 4.69) is 20.6 Å². The maximum absolute atomic E-state index is 14.5. The first-order valence-corrected chi connectivity index (χ1v) is 15.5. The standard InChI is InChI=1S/C32H45N7O2/c1-5-39-30(31(33)40)25(18-34-39)29(28(22-12-8-6-9-13-22)23-14-10-7-11-15-23)32(41)36-26-17-16-24(19(2)35-26)27-20(3)37-38-21(27)4/h16-18,22-23,28-29H,5-15H2,1-4H3,(H2,33,40)(H,37,38)(H,35,36,41). The van der Waals surface area contributed by atoms with Crippen LogP contribution in [0.25, 0.3) is 11.1 Å². The molecular formula is C32H45N7O2. The van der Waals surface area contributed by atoms with Crippen molar-refractivity contribution in [3.05, 3.63) is 46.7 Å². The number of anilines is 1. The average molecular weight is 560 g/mol. The minimum absolute atomic E-state index is 0.125. The number of H-pyrrole nitrogens is 1. The Labute approximate surface area is 243 Å². The summed E-state index contributed by atoms with van der Waals surface area (Å²) < 4.78 is 1.64. The zero-order valence-corrected chi connectivity index (χ0v) is 25.0. The quantitative estimate of drug-likeness (QED) is 0.287. The third-order valence-electron chi connectivity index (χ3n) is 9.53. The van der Waals surface area contributed by atoms with Gasteiger partial charge < -0.3 is 11.1 Å². The Hall–Kier alpha value is -3.49. The van der Waals surface area contributed by atoms with Gasteiger partial charge in [0.05, 0.1) is 17.8 Å². The topological polar surface area (TPSA) is 132 Å². The van der Waals surface area contributed by atoms with E-state index >= 15 is 0 Å². The number of aromatic nitrogens is 5. The van der Waals surface area contributed by atoms with Crippen LogP contribution in [-0.4, -0.2) is 36.8 Å². The number of nitrogens with zero attached hydrogens (tertiary/aromatic N) is 4. The molecule has 0 aliphatic heterocycles. The number of nitrogens with two attached hydrogens (primary N) is 1. The van der Waals surface area contributed by atoms with Gasteiger partial charge in [0.2, 0.25) is 5.91 Å². The lowest BCUT2D eigenvalue weighted by Gasteiger charge is -2.41. The third-order valence-corrected chi connectivity index (χ3v) is 9.53. The molecule has 2 saturated carbocycles. The second-order valence-electron chi connectivity index (χ2n) is 12.1. The zero-order valence-electron chi connectivity index (χ0n) is 25.0.